The minimum atomic E-state index is -0.571. The molecule has 0 atom stereocenters. The first-order valence-corrected chi connectivity index (χ1v) is 9.59. The molecule has 0 saturated carbocycles. The van der Waals surface area contributed by atoms with E-state index in [-0.39, 0.29) is 11.7 Å². The Kier molecular flexibility index (Phi) is 6.14. The largest absolute Gasteiger partial charge is 0.373 e. The van der Waals surface area contributed by atoms with Crippen molar-refractivity contribution in [1.29, 1.82) is 5.26 Å². The Labute approximate surface area is 172 Å². The number of aromatic nitrogens is 2. The Bertz CT molecular complexity index is 1050. The number of piperidine rings is 1. The molecule has 7 nitrogen and oxygen atoms in total. The van der Waals surface area contributed by atoms with E-state index in [1.807, 2.05) is 17.0 Å². The number of ether oxygens (including phenoxy) is 1. The first-order valence-electron chi connectivity index (χ1n) is 8.84. The van der Waals surface area contributed by atoms with Gasteiger partial charge in [-0.05, 0) is 30.5 Å². The molecule has 9 heteroatoms. The number of anilines is 1. The summed E-state index contributed by atoms with van der Waals surface area (Å²) in [4.78, 5) is 26.4. The molecule has 0 bridgehead atoms. The van der Waals surface area contributed by atoms with Crippen LogP contribution in [-0.4, -0.2) is 28.3 Å². The molecule has 148 valence electrons. The molecule has 1 aliphatic rings. The Morgan fingerprint density at radius 2 is 1.82 bits per heavy atom. The van der Waals surface area contributed by atoms with Crippen LogP contribution in [0.5, 0.6) is 0 Å². The van der Waals surface area contributed by atoms with E-state index in [1.165, 1.54) is 11.6 Å². The summed E-state index contributed by atoms with van der Waals surface area (Å²) in [7, 11) is 2.95. The van der Waals surface area contributed by atoms with Crippen molar-refractivity contribution in [2.75, 3.05) is 18.0 Å². The Hall–Kier alpha value is -2.27. The van der Waals surface area contributed by atoms with Gasteiger partial charge in [-0.1, -0.05) is 29.3 Å². The third-order valence-electron chi connectivity index (χ3n) is 4.96. The highest BCUT2D eigenvalue weighted by atomic mass is 35.5. The first-order chi connectivity index (χ1) is 13.3. The van der Waals surface area contributed by atoms with Gasteiger partial charge in [-0.2, -0.15) is 5.26 Å². The molecule has 2 heterocycles. The minimum Gasteiger partial charge on any atom is -0.373 e. The van der Waals surface area contributed by atoms with Crippen LogP contribution in [0.2, 0.25) is 10.0 Å². The standard InChI is InChI=1S/C19H20Cl2N4O3/c1-23-17(14(10-22)18(26)24(2)19(23)27)25-7-5-13(6-8-25)28-11-12-3-4-15(20)16(21)9-12/h3-4,9,13H,5-8,11H2,1-2H3. The van der Waals surface area contributed by atoms with Crippen LogP contribution in [0.1, 0.15) is 24.0 Å². The Morgan fingerprint density at radius 1 is 1.14 bits per heavy atom. The molecule has 1 aromatic carbocycles. The fourth-order valence-corrected chi connectivity index (χ4v) is 3.70. The molecular weight excluding hydrogens is 403 g/mol. The lowest BCUT2D eigenvalue weighted by Crippen LogP contribution is -2.45. The normalized spacial score (nSPS) is 14.9. The molecule has 2 aromatic rings. The highest BCUT2D eigenvalue weighted by molar-refractivity contribution is 6.42. The second-order valence-corrected chi connectivity index (χ2v) is 7.58. The zero-order chi connectivity index (χ0) is 20.4. The molecule has 0 radical (unpaired) electrons. The van der Waals surface area contributed by atoms with Gasteiger partial charge in [0.2, 0.25) is 0 Å². The molecule has 0 unspecified atom stereocenters. The lowest BCUT2D eigenvalue weighted by molar-refractivity contribution is 0.0249. The zero-order valence-electron chi connectivity index (χ0n) is 15.6. The number of nitriles is 1. The number of hydrogen-bond acceptors (Lipinski definition) is 5. The topological polar surface area (TPSA) is 80.3 Å². The van der Waals surface area contributed by atoms with Gasteiger partial charge in [0, 0.05) is 27.2 Å². The summed E-state index contributed by atoms with van der Waals surface area (Å²) in [6.45, 7) is 1.59. The van der Waals surface area contributed by atoms with E-state index in [2.05, 4.69) is 0 Å². The summed E-state index contributed by atoms with van der Waals surface area (Å²) in [5.41, 5.74) is -0.0899. The predicted octanol–water partition coefficient (Wildman–Crippen LogP) is 2.45. The molecule has 3 rings (SSSR count). The molecule has 1 aromatic heterocycles. The number of halogens is 2. The highest BCUT2D eigenvalue weighted by Crippen LogP contribution is 2.25. The molecule has 0 spiro atoms. The smallest absolute Gasteiger partial charge is 0.332 e. The quantitative estimate of drug-likeness (QED) is 0.755. The van der Waals surface area contributed by atoms with Crippen LogP contribution in [0.4, 0.5) is 5.82 Å². The van der Waals surface area contributed by atoms with E-state index in [1.54, 1.807) is 19.2 Å². The molecule has 0 N–H and O–H groups in total. The molecular formula is C19H20Cl2N4O3. The SMILES string of the molecule is Cn1c(N2CCC(OCc3ccc(Cl)c(Cl)c3)CC2)c(C#N)c(=O)n(C)c1=O. The van der Waals surface area contributed by atoms with Crippen molar-refractivity contribution in [3.8, 4) is 6.07 Å². The van der Waals surface area contributed by atoms with E-state index in [4.69, 9.17) is 27.9 Å². The van der Waals surface area contributed by atoms with Crippen LogP contribution in [-0.2, 0) is 25.4 Å². The first kappa shape index (κ1) is 20.5. The lowest BCUT2D eigenvalue weighted by Gasteiger charge is -2.34. The van der Waals surface area contributed by atoms with E-state index >= 15 is 0 Å². The van der Waals surface area contributed by atoms with Crippen molar-refractivity contribution >= 4 is 29.0 Å². The molecule has 28 heavy (non-hydrogen) atoms. The lowest BCUT2D eigenvalue weighted by atomic mass is 10.1. The van der Waals surface area contributed by atoms with Gasteiger partial charge in [-0.15, -0.1) is 0 Å². The fourth-order valence-electron chi connectivity index (χ4n) is 3.38. The highest BCUT2D eigenvalue weighted by Gasteiger charge is 2.26. The molecule has 1 fully saturated rings. The summed E-state index contributed by atoms with van der Waals surface area (Å²) < 4.78 is 8.29. The van der Waals surface area contributed by atoms with Crippen LogP contribution >= 0.6 is 23.2 Å². The van der Waals surface area contributed by atoms with E-state index in [0.717, 1.165) is 23.0 Å². The maximum Gasteiger partial charge on any atom is 0.332 e. The average Bonchev–Trinajstić information content (AvgIpc) is 2.70. The van der Waals surface area contributed by atoms with E-state index in [0.29, 0.717) is 35.6 Å². The van der Waals surface area contributed by atoms with Gasteiger partial charge in [-0.3, -0.25) is 13.9 Å². The van der Waals surface area contributed by atoms with E-state index < -0.39 is 11.2 Å². The van der Waals surface area contributed by atoms with Crippen molar-refractivity contribution in [3.05, 3.63) is 60.2 Å². The van der Waals surface area contributed by atoms with E-state index in [9.17, 15) is 14.9 Å². The van der Waals surface area contributed by atoms with Crippen LogP contribution in [0, 0.1) is 11.3 Å². The fraction of sp³-hybridized carbons (Fsp3) is 0.421. The van der Waals surface area contributed by atoms with Gasteiger partial charge in [0.05, 0.1) is 22.8 Å². The number of nitrogens with zero attached hydrogens (tertiary/aromatic N) is 4. The van der Waals surface area contributed by atoms with Crippen LogP contribution < -0.4 is 16.1 Å². The van der Waals surface area contributed by atoms with Crippen LogP contribution in [0.25, 0.3) is 0 Å². The summed E-state index contributed by atoms with van der Waals surface area (Å²) in [6, 6.07) is 7.35. The van der Waals surface area contributed by atoms with Gasteiger partial charge < -0.3 is 9.64 Å². The maximum absolute atomic E-state index is 12.3. The Balaban J connectivity index is 1.69. The number of hydrogen-bond donors (Lipinski definition) is 0. The van der Waals surface area contributed by atoms with Gasteiger partial charge in [0.25, 0.3) is 5.56 Å². The second-order valence-electron chi connectivity index (χ2n) is 6.76. The van der Waals surface area contributed by atoms with Gasteiger partial charge in [0.15, 0.2) is 5.56 Å². The summed E-state index contributed by atoms with van der Waals surface area (Å²) in [6.07, 6.45) is 1.48. The minimum absolute atomic E-state index is 0.0141. The van der Waals surface area contributed by atoms with Gasteiger partial charge in [-0.25, -0.2) is 4.79 Å². The monoisotopic (exact) mass is 422 g/mol. The van der Waals surface area contributed by atoms with Crippen molar-refractivity contribution in [2.24, 2.45) is 14.1 Å². The van der Waals surface area contributed by atoms with Crippen molar-refractivity contribution in [2.45, 2.75) is 25.6 Å². The van der Waals surface area contributed by atoms with Crippen molar-refractivity contribution in [1.82, 2.24) is 9.13 Å². The number of rotatable bonds is 4. The zero-order valence-corrected chi connectivity index (χ0v) is 17.1. The van der Waals surface area contributed by atoms with Crippen LogP contribution in [0.3, 0.4) is 0 Å². The van der Waals surface area contributed by atoms with Gasteiger partial charge >= 0.3 is 5.69 Å². The third kappa shape index (κ3) is 3.95. The van der Waals surface area contributed by atoms with Crippen molar-refractivity contribution < 1.29 is 4.74 Å². The van der Waals surface area contributed by atoms with Crippen molar-refractivity contribution in [3.63, 3.8) is 0 Å². The third-order valence-corrected chi connectivity index (χ3v) is 5.70. The average molecular weight is 423 g/mol. The number of benzene rings is 1. The Morgan fingerprint density at radius 3 is 2.43 bits per heavy atom. The summed E-state index contributed by atoms with van der Waals surface area (Å²) >= 11 is 12.0. The maximum atomic E-state index is 12.3. The van der Waals surface area contributed by atoms with Gasteiger partial charge in [0.1, 0.15) is 11.9 Å². The molecule has 1 saturated heterocycles. The molecule has 1 aliphatic heterocycles. The van der Waals surface area contributed by atoms with Crippen LogP contribution in [0.15, 0.2) is 27.8 Å². The predicted molar refractivity (Wildman–Crippen MR) is 108 cm³/mol. The summed E-state index contributed by atoms with van der Waals surface area (Å²) in [5, 5.41) is 10.4. The summed E-state index contributed by atoms with van der Waals surface area (Å²) in [5.74, 6) is 0.374. The molecule has 0 aliphatic carbocycles. The molecule has 0 amide bonds. The second kappa shape index (κ2) is 8.39.